The Morgan fingerprint density at radius 3 is 2.89 bits per heavy atom. The standard InChI is InChI=1S/C14H15ClN2O/c15-14-6-2-1-4-12(14)10-13(18)5-3-8-17-9-7-16-11-17/h1-2,4,6-7,9,11H,3,5,8,10H2. The van der Waals surface area contributed by atoms with Crippen molar-refractivity contribution < 1.29 is 4.79 Å². The maximum absolute atomic E-state index is 11.8. The molecule has 0 atom stereocenters. The molecule has 0 aliphatic carbocycles. The zero-order valence-electron chi connectivity index (χ0n) is 10.1. The summed E-state index contributed by atoms with van der Waals surface area (Å²) in [4.78, 5) is 15.8. The number of imidazole rings is 1. The van der Waals surface area contributed by atoms with Gasteiger partial charge >= 0.3 is 0 Å². The Morgan fingerprint density at radius 1 is 1.33 bits per heavy atom. The molecule has 2 aromatic rings. The summed E-state index contributed by atoms with van der Waals surface area (Å²) in [5.74, 6) is 0.225. The van der Waals surface area contributed by atoms with Crippen molar-refractivity contribution >= 4 is 17.4 Å². The van der Waals surface area contributed by atoms with Crippen molar-refractivity contribution in [2.75, 3.05) is 0 Å². The number of Topliss-reactive ketones (excluding diaryl/α,β-unsaturated/α-hetero) is 1. The molecule has 0 radical (unpaired) electrons. The first-order valence-corrected chi connectivity index (χ1v) is 6.34. The van der Waals surface area contributed by atoms with Crippen molar-refractivity contribution in [1.82, 2.24) is 9.55 Å². The average Bonchev–Trinajstić information content (AvgIpc) is 2.85. The van der Waals surface area contributed by atoms with E-state index in [1.165, 1.54) is 0 Å². The van der Waals surface area contributed by atoms with Crippen LogP contribution >= 0.6 is 11.6 Å². The van der Waals surface area contributed by atoms with E-state index in [-0.39, 0.29) is 5.78 Å². The Bertz CT molecular complexity index is 508. The van der Waals surface area contributed by atoms with Crippen molar-refractivity contribution in [1.29, 1.82) is 0 Å². The van der Waals surface area contributed by atoms with Crippen LogP contribution in [0.3, 0.4) is 0 Å². The van der Waals surface area contributed by atoms with Gasteiger partial charge in [0.05, 0.1) is 6.33 Å². The Morgan fingerprint density at radius 2 is 2.17 bits per heavy atom. The maximum Gasteiger partial charge on any atom is 0.137 e. The summed E-state index contributed by atoms with van der Waals surface area (Å²) in [6.07, 6.45) is 7.23. The van der Waals surface area contributed by atoms with E-state index in [4.69, 9.17) is 11.6 Å². The lowest BCUT2D eigenvalue weighted by molar-refractivity contribution is -0.118. The van der Waals surface area contributed by atoms with Crippen LogP contribution in [-0.4, -0.2) is 15.3 Å². The van der Waals surface area contributed by atoms with Crippen molar-refractivity contribution in [3.8, 4) is 0 Å². The van der Waals surface area contributed by atoms with E-state index in [9.17, 15) is 4.79 Å². The summed E-state index contributed by atoms with van der Waals surface area (Å²) in [5.41, 5.74) is 0.909. The molecule has 94 valence electrons. The van der Waals surface area contributed by atoms with Gasteiger partial charge in [0.25, 0.3) is 0 Å². The van der Waals surface area contributed by atoms with Gasteiger partial charge in [-0.05, 0) is 18.1 Å². The van der Waals surface area contributed by atoms with Crippen LogP contribution in [0.15, 0.2) is 43.0 Å². The Labute approximate surface area is 111 Å². The molecule has 3 nitrogen and oxygen atoms in total. The third kappa shape index (κ3) is 3.70. The highest BCUT2D eigenvalue weighted by molar-refractivity contribution is 6.31. The molecule has 0 N–H and O–H groups in total. The fraction of sp³-hybridized carbons (Fsp3) is 0.286. The molecule has 0 aliphatic rings. The van der Waals surface area contributed by atoms with Crippen molar-refractivity contribution in [2.24, 2.45) is 0 Å². The quantitative estimate of drug-likeness (QED) is 0.802. The number of halogens is 1. The van der Waals surface area contributed by atoms with Crippen LogP contribution in [0.1, 0.15) is 18.4 Å². The molecule has 0 fully saturated rings. The van der Waals surface area contributed by atoms with Crippen LogP contribution in [0, 0.1) is 0 Å². The number of hydrogen-bond acceptors (Lipinski definition) is 2. The molecular formula is C14H15ClN2O. The van der Waals surface area contributed by atoms with Crippen LogP contribution < -0.4 is 0 Å². The summed E-state index contributed by atoms with van der Waals surface area (Å²) in [6.45, 7) is 0.828. The highest BCUT2D eigenvalue weighted by Crippen LogP contribution is 2.16. The number of carbonyl (C=O) groups is 1. The van der Waals surface area contributed by atoms with Gasteiger partial charge in [-0.15, -0.1) is 0 Å². The molecule has 0 amide bonds. The number of aromatic nitrogens is 2. The van der Waals surface area contributed by atoms with Crippen LogP contribution in [0.5, 0.6) is 0 Å². The first-order chi connectivity index (χ1) is 8.75. The lowest BCUT2D eigenvalue weighted by Gasteiger charge is -2.04. The van der Waals surface area contributed by atoms with E-state index in [2.05, 4.69) is 4.98 Å². The number of hydrogen-bond donors (Lipinski definition) is 0. The Balaban J connectivity index is 1.77. The van der Waals surface area contributed by atoms with Crippen molar-refractivity contribution in [3.05, 3.63) is 53.6 Å². The maximum atomic E-state index is 11.8. The average molecular weight is 263 g/mol. The number of carbonyl (C=O) groups excluding carboxylic acids is 1. The van der Waals surface area contributed by atoms with Crippen LogP contribution in [-0.2, 0) is 17.8 Å². The molecule has 0 spiro atoms. The van der Waals surface area contributed by atoms with Gasteiger partial charge in [0, 0.05) is 36.8 Å². The fourth-order valence-electron chi connectivity index (χ4n) is 1.82. The van der Waals surface area contributed by atoms with Gasteiger partial charge in [0.15, 0.2) is 0 Å². The minimum Gasteiger partial charge on any atom is -0.337 e. The zero-order valence-corrected chi connectivity index (χ0v) is 10.8. The molecule has 1 aromatic heterocycles. The van der Waals surface area contributed by atoms with Crippen molar-refractivity contribution in [2.45, 2.75) is 25.8 Å². The Hall–Kier alpha value is -1.61. The molecule has 2 rings (SSSR count). The largest absolute Gasteiger partial charge is 0.337 e. The SMILES string of the molecule is O=C(CCCn1ccnc1)Cc1ccccc1Cl. The highest BCUT2D eigenvalue weighted by atomic mass is 35.5. The molecule has 0 aliphatic heterocycles. The van der Waals surface area contributed by atoms with Gasteiger partial charge in [0.2, 0.25) is 0 Å². The van der Waals surface area contributed by atoms with Gasteiger partial charge in [-0.1, -0.05) is 29.8 Å². The number of rotatable bonds is 6. The molecule has 1 aromatic carbocycles. The van der Waals surface area contributed by atoms with Gasteiger partial charge in [-0.25, -0.2) is 4.98 Å². The van der Waals surface area contributed by atoms with E-state index >= 15 is 0 Å². The summed E-state index contributed by atoms with van der Waals surface area (Å²) in [5, 5.41) is 0.667. The van der Waals surface area contributed by atoms with E-state index in [0.29, 0.717) is 17.9 Å². The zero-order chi connectivity index (χ0) is 12.8. The van der Waals surface area contributed by atoms with Gasteiger partial charge in [-0.2, -0.15) is 0 Å². The summed E-state index contributed by atoms with van der Waals surface area (Å²) in [7, 11) is 0. The molecular weight excluding hydrogens is 248 g/mol. The van der Waals surface area contributed by atoms with Crippen molar-refractivity contribution in [3.63, 3.8) is 0 Å². The van der Waals surface area contributed by atoms with E-state index in [1.54, 1.807) is 12.5 Å². The first kappa shape index (κ1) is 12.8. The summed E-state index contributed by atoms with van der Waals surface area (Å²) >= 11 is 6.02. The Kier molecular flexibility index (Phi) is 4.53. The third-order valence-electron chi connectivity index (χ3n) is 2.78. The molecule has 0 saturated carbocycles. The second kappa shape index (κ2) is 6.36. The molecule has 1 heterocycles. The third-order valence-corrected chi connectivity index (χ3v) is 3.15. The van der Waals surface area contributed by atoms with Gasteiger partial charge in [-0.3, -0.25) is 4.79 Å². The fourth-order valence-corrected chi connectivity index (χ4v) is 2.02. The molecule has 0 saturated heterocycles. The predicted octanol–water partition coefficient (Wildman–Crippen LogP) is 3.13. The molecule has 0 unspecified atom stereocenters. The predicted molar refractivity (Wildman–Crippen MR) is 71.6 cm³/mol. The van der Waals surface area contributed by atoms with Crippen LogP contribution in [0.2, 0.25) is 5.02 Å². The highest BCUT2D eigenvalue weighted by Gasteiger charge is 2.06. The monoisotopic (exact) mass is 262 g/mol. The topological polar surface area (TPSA) is 34.9 Å². The smallest absolute Gasteiger partial charge is 0.137 e. The molecule has 0 bridgehead atoms. The molecule has 4 heteroatoms. The lowest BCUT2D eigenvalue weighted by atomic mass is 10.1. The normalized spacial score (nSPS) is 10.5. The summed E-state index contributed by atoms with van der Waals surface area (Å²) < 4.78 is 1.97. The van der Waals surface area contributed by atoms with E-state index in [0.717, 1.165) is 18.5 Å². The van der Waals surface area contributed by atoms with E-state index in [1.807, 2.05) is 35.0 Å². The number of nitrogens with zero attached hydrogens (tertiary/aromatic N) is 2. The minimum absolute atomic E-state index is 0.225. The van der Waals surface area contributed by atoms with Crippen LogP contribution in [0.4, 0.5) is 0 Å². The van der Waals surface area contributed by atoms with Gasteiger partial charge < -0.3 is 4.57 Å². The number of ketones is 1. The van der Waals surface area contributed by atoms with E-state index < -0.39 is 0 Å². The molecule has 18 heavy (non-hydrogen) atoms. The number of aryl methyl sites for hydroxylation is 1. The van der Waals surface area contributed by atoms with Gasteiger partial charge in [0.1, 0.15) is 5.78 Å². The minimum atomic E-state index is 0.225. The second-order valence-corrected chi connectivity index (χ2v) is 4.62. The second-order valence-electron chi connectivity index (χ2n) is 4.21. The lowest BCUT2D eigenvalue weighted by Crippen LogP contribution is -2.05. The first-order valence-electron chi connectivity index (χ1n) is 5.96. The van der Waals surface area contributed by atoms with Crippen LogP contribution in [0.25, 0.3) is 0 Å². The summed E-state index contributed by atoms with van der Waals surface area (Å²) in [6, 6.07) is 7.49. The number of benzene rings is 1.